The van der Waals surface area contributed by atoms with Crippen molar-refractivity contribution < 1.29 is 168 Å². The Balaban J connectivity index is 1.21. The Bertz CT molecular complexity index is 2090. The van der Waals surface area contributed by atoms with Gasteiger partial charge in [0.05, 0.1) is 51.8 Å². The van der Waals surface area contributed by atoms with E-state index in [9.17, 15) is 116 Å². The number of carbonyl (C=O) groups excluding carboxylic acids is 3. The average molecular weight is 1200 g/mol. The van der Waals surface area contributed by atoms with Crippen molar-refractivity contribution in [2.24, 2.45) is 0 Å². The molecule has 0 aromatic heterocycles. The Morgan fingerprint density at radius 3 is 1.48 bits per heavy atom. The van der Waals surface area contributed by atoms with Gasteiger partial charge in [-0.15, -0.1) is 0 Å². The van der Waals surface area contributed by atoms with E-state index in [2.05, 4.69) is 16.0 Å². The molecule has 31 atom stereocenters. The molecule has 0 bridgehead atoms. The summed E-state index contributed by atoms with van der Waals surface area (Å²) >= 11 is 0. The summed E-state index contributed by atoms with van der Waals surface area (Å²) in [5.41, 5.74) is 0. The summed E-state index contributed by atoms with van der Waals surface area (Å²) in [5, 5.41) is 211. The predicted octanol–water partition coefficient (Wildman–Crippen LogP) is -14.5. The van der Waals surface area contributed by atoms with Crippen LogP contribution in [0.3, 0.4) is 0 Å². The zero-order valence-corrected chi connectivity index (χ0v) is 43.9. The van der Waals surface area contributed by atoms with Crippen molar-refractivity contribution in [3.8, 4) is 0 Å². The number of nitrogens with one attached hydrogen (secondary N) is 3. The molecule has 6 aliphatic rings. The van der Waals surface area contributed by atoms with Crippen molar-refractivity contribution in [2.45, 2.75) is 217 Å². The van der Waals surface area contributed by atoms with E-state index in [1.807, 2.05) is 0 Å². The molecule has 37 nitrogen and oxygen atoms in total. The second-order valence-corrected chi connectivity index (χ2v) is 20.4. The van der Waals surface area contributed by atoms with Crippen LogP contribution < -0.4 is 16.0 Å². The number of aliphatic hydroxyl groups excluding tert-OH is 18. The lowest BCUT2D eigenvalue weighted by Crippen LogP contribution is -2.71. The number of hydrogen-bond acceptors (Lipinski definition) is 33. The number of carboxylic acid groups (broad SMARTS) is 1. The van der Waals surface area contributed by atoms with Crippen molar-refractivity contribution in [3.05, 3.63) is 0 Å². The van der Waals surface area contributed by atoms with Gasteiger partial charge in [0.15, 0.2) is 31.5 Å². The van der Waals surface area contributed by atoms with Gasteiger partial charge in [-0.2, -0.15) is 0 Å². The average Bonchev–Trinajstić information content (AvgIpc) is 2.10. The molecule has 0 aromatic carbocycles. The van der Waals surface area contributed by atoms with Crippen LogP contribution in [0.5, 0.6) is 0 Å². The predicted molar refractivity (Wildman–Crippen MR) is 251 cm³/mol. The number of ether oxygens (including phenoxy) is 11. The highest BCUT2D eigenvalue weighted by molar-refractivity contribution is 5.77. The number of rotatable bonds is 22. The Morgan fingerprint density at radius 1 is 0.500 bits per heavy atom. The third-order valence-electron chi connectivity index (χ3n) is 14.6. The third-order valence-corrected chi connectivity index (χ3v) is 14.6. The molecular formula is C45H75N3O34. The molecule has 6 fully saturated rings. The van der Waals surface area contributed by atoms with Crippen molar-refractivity contribution >= 4 is 23.7 Å². The van der Waals surface area contributed by atoms with Crippen LogP contribution in [0.15, 0.2) is 0 Å². The normalized spacial score (nSPS) is 46.3. The highest BCUT2D eigenvalue weighted by atomic mass is 16.8. The summed E-state index contributed by atoms with van der Waals surface area (Å²) in [6.07, 6.45) is -55.3. The summed E-state index contributed by atoms with van der Waals surface area (Å²) in [7, 11) is 0. The summed E-state index contributed by atoms with van der Waals surface area (Å²) in [6, 6.07) is -5.22. The lowest BCUT2D eigenvalue weighted by Gasteiger charge is -2.51. The summed E-state index contributed by atoms with van der Waals surface area (Å²) in [6.45, 7) is -3.18. The first kappa shape index (κ1) is 67.8. The largest absolute Gasteiger partial charge is 0.477 e. The lowest BCUT2D eigenvalue weighted by molar-refractivity contribution is -0.382. The third kappa shape index (κ3) is 14.7. The van der Waals surface area contributed by atoms with Crippen LogP contribution in [-0.2, 0) is 71.3 Å². The second kappa shape index (κ2) is 28.9. The van der Waals surface area contributed by atoms with E-state index >= 15 is 0 Å². The standard InChI is InChI=1S/C45H75N3O34/c1-11(54)46-21-14(57)4-45(44(70)71,81-36(21)24(59)15(58)5-49)82-38-27(62)18(8-52)76-43(33(38)68)79-35-23(48-13(3)56)39(69)73-20(28(35)63)10-72-40-22(47-12(2)55)29(64)34(19(9-53)77-40)78-42-32(67)37(26(61)17(7-51)75-42)80-41-31(66)30(65)25(60)16(6-50)74-41/h14-43,49-53,57-69H,4-10H2,1-3H3,(H,46,54)(H,47,55)(H,48,56)(H,70,71)/t14-,15+,16+,17+,18+,19+,20+,21+,22+,23+,24+,25-,26-,27-,28-,29+,30-,31+,32+,33+,34+,35+,36+,37-,38-,39?,40+,41-,42-,43-,45-/m0/s1. The molecule has 22 N–H and O–H groups in total. The molecule has 82 heavy (non-hydrogen) atoms. The zero-order chi connectivity index (χ0) is 61.0. The van der Waals surface area contributed by atoms with E-state index in [0.29, 0.717) is 0 Å². The van der Waals surface area contributed by atoms with Gasteiger partial charge >= 0.3 is 5.97 Å². The van der Waals surface area contributed by atoms with Crippen LogP contribution in [0, 0.1) is 0 Å². The van der Waals surface area contributed by atoms with Gasteiger partial charge in [0.25, 0.3) is 5.79 Å². The van der Waals surface area contributed by atoms with Crippen molar-refractivity contribution in [1.82, 2.24) is 16.0 Å². The van der Waals surface area contributed by atoms with Gasteiger partial charge in [-0.05, 0) is 0 Å². The van der Waals surface area contributed by atoms with Crippen LogP contribution in [0.25, 0.3) is 0 Å². The van der Waals surface area contributed by atoms with Gasteiger partial charge in [0.1, 0.15) is 140 Å². The number of amides is 3. The molecular weight excluding hydrogens is 1130 g/mol. The Labute approximate surface area is 463 Å². The SMILES string of the molecule is CC(=O)N[C@H]1[C@H](OC[C@H]2OC(O)[C@H](NC(C)=O)[C@@H](O[C@@H]3O[C@H](CO)[C@H](O)[C@H](O[C@]4(C(=O)O)C[C@H](O)[C@@H](NC(C)=O)[C@H]([C@H](O)[C@H](O)CO)O4)[C@H]3O)[C@H]2O)O[C@H](CO)[C@@H](O[C@@H]2O[C@H](CO)[C@H](O)[C@H](O[C@@H]3O[C@H](CO)[C@H](O)[C@H](O)[C@H]3O)[C@H]2O)[C@@H]1O. The maximum atomic E-state index is 13.0. The molecule has 0 spiro atoms. The first-order valence-corrected chi connectivity index (χ1v) is 25.7. The molecule has 0 aliphatic carbocycles. The lowest BCUT2D eigenvalue weighted by atomic mass is 9.88. The van der Waals surface area contributed by atoms with Gasteiger partial charge < -0.3 is 165 Å². The van der Waals surface area contributed by atoms with Crippen LogP contribution in [0.2, 0.25) is 0 Å². The maximum absolute atomic E-state index is 13.0. The zero-order valence-electron chi connectivity index (χ0n) is 43.9. The minimum absolute atomic E-state index is 0.830. The highest BCUT2D eigenvalue weighted by Gasteiger charge is 2.61. The fraction of sp³-hybridized carbons (Fsp3) is 0.911. The number of carbonyl (C=O) groups is 4. The smallest absolute Gasteiger partial charge is 0.364 e. The van der Waals surface area contributed by atoms with Crippen LogP contribution in [-0.4, -0.2) is 350 Å². The number of carboxylic acids is 1. The molecule has 37 heteroatoms. The summed E-state index contributed by atoms with van der Waals surface area (Å²) < 4.78 is 62.5. The molecule has 1 unspecified atom stereocenters. The maximum Gasteiger partial charge on any atom is 0.364 e. The monoisotopic (exact) mass is 1200 g/mol. The molecule has 0 saturated carbocycles. The number of aliphatic carboxylic acids is 1. The first-order chi connectivity index (χ1) is 38.6. The summed E-state index contributed by atoms with van der Waals surface area (Å²) in [5.74, 6) is -7.85. The molecule has 6 aliphatic heterocycles. The van der Waals surface area contributed by atoms with Crippen LogP contribution >= 0.6 is 0 Å². The fourth-order valence-electron chi connectivity index (χ4n) is 10.3. The fourth-order valence-corrected chi connectivity index (χ4v) is 10.3. The minimum atomic E-state index is -3.21. The molecule has 0 aromatic rings. The van der Waals surface area contributed by atoms with Crippen molar-refractivity contribution in [3.63, 3.8) is 0 Å². The Morgan fingerprint density at radius 2 is 0.951 bits per heavy atom. The van der Waals surface area contributed by atoms with Gasteiger partial charge in [-0.25, -0.2) is 4.79 Å². The van der Waals surface area contributed by atoms with Crippen LogP contribution in [0.4, 0.5) is 0 Å². The number of hydrogen-bond donors (Lipinski definition) is 22. The van der Waals surface area contributed by atoms with E-state index in [4.69, 9.17) is 52.1 Å². The second-order valence-electron chi connectivity index (χ2n) is 20.4. The highest BCUT2D eigenvalue weighted by Crippen LogP contribution is 2.39. The van der Waals surface area contributed by atoms with E-state index in [-0.39, 0.29) is 0 Å². The molecule has 6 rings (SSSR count). The van der Waals surface area contributed by atoms with Gasteiger partial charge in [0, 0.05) is 27.2 Å². The molecule has 0 radical (unpaired) electrons. The topological polar surface area (TPSA) is 590 Å². The van der Waals surface area contributed by atoms with Crippen molar-refractivity contribution in [1.29, 1.82) is 0 Å². The first-order valence-electron chi connectivity index (χ1n) is 25.7. The Hall–Kier alpha value is -3.28. The minimum Gasteiger partial charge on any atom is -0.477 e. The molecule has 6 heterocycles. The number of aliphatic hydroxyl groups is 18. The van der Waals surface area contributed by atoms with E-state index in [1.165, 1.54) is 0 Å². The van der Waals surface area contributed by atoms with E-state index in [0.717, 1.165) is 20.8 Å². The summed E-state index contributed by atoms with van der Waals surface area (Å²) in [4.78, 5) is 50.1. The molecule has 3 amide bonds. The quantitative estimate of drug-likeness (QED) is 0.0479. The molecule has 6 saturated heterocycles. The van der Waals surface area contributed by atoms with Crippen molar-refractivity contribution in [2.75, 3.05) is 39.6 Å². The van der Waals surface area contributed by atoms with Gasteiger partial charge in [-0.1, -0.05) is 0 Å². The Kier molecular flexibility index (Phi) is 23.9. The van der Waals surface area contributed by atoms with E-state index < -0.39 is 259 Å². The van der Waals surface area contributed by atoms with Gasteiger partial charge in [-0.3, -0.25) is 14.4 Å². The van der Waals surface area contributed by atoms with Crippen LogP contribution in [0.1, 0.15) is 27.2 Å². The molecule has 474 valence electrons. The van der Waals surface area contributed by atoms with Gasteiger partial charge in [0.2, 0.25) is 17.7 Å². The van der Waals surface area contributed by atoms with E-state index in [1.54, 1.807) is 0 Å².